The Labute approximate surface area is 167 Å². The fraction of sp³-hybridized carbons (Fsp3) is 0.524. The highest BCUT2D eigenvalue weighted by atomic mass is 16.5. The van der Waals surface area contributed by atoms with Crippen molar-refractivity contribution in [2.24, 2.45) is 5.41 Å². The summed E-state index contributed by atoms with van der Waals surface area (Å²) in [7, 11) is 4.54. The van der Waals surface area contributed by atoms with E-state index in [2.05, 4.69) is 10.6 Å². The SMILES string of the molecule is COc1cc(/C=C(/NC(=O)C(C)(C)C)C(=O)NC(C)(C)C)cc(OC)c1OC. The molecule has 0 aromatic heterocycles. The molecule has 0 saturated heterocycles. The zero-order valence-corrected chi connectivity index (χ0v) is 18.3. The largest absolute Gasteiger partial charge is 0.493 e. The molecule has 0 aliphatic carbocycles. The summed E-state index contributed by atoms with van der Waals surface area (Å²) < 4.78 is 16.0. The molecule has 0 unspecified atom stereocenters. The summed E-state index contributed by atoms with van der Waals surface area (Å²) in [5, 5.41) is 5.60. The number of benzene rings is 1. The highest BCUT2D eigenvalue weighted by molar-refractivity contribution is 6.02. The summed E-state index contributed by atoms with van der Waals surface area (Å²) in [4.78, 5) is 25.3. The van der Waals surface area contributed by atoms with Gasteiger partial charge in [0, 0.05) is 11.0 Å². The van der Waals surface area contributed by atoms with Gasteiger partial charge in [-0.05, 0) is 44.5 Å². The zero-order valence-electron chi connectivity index (χ0n) is 18.3. The third kappa shape index (κ3) is 6.48. The van der Waals surface area contributed by atoms with Crippen molar-refractivity contribution in [2.45, 2.75) is 47.1 Å². The van der Waals surface area contributed by atoms with E-state index in [9.17, 15) is 9.59 Å². The summed E-state index contributed by atoms with van der Waals surface area (Å²) >= 11 is 0. The Bertz CT molecular complexity index is 730. The summed E-state index contributed by atoms with van der Waals surface area (Å²) in [6.45, 7) is 10.9. The molecule has 0 aliphatic heterocycles. The maximum absolute atomic E-state index is 12.8. The van der Waals surface area contributed by atoms with Gasteiger partial charge in [-0.2, -0.15) is 0 Å². The first-order chi connectivity index (χ1) is 12.8. The number of hydrogen-bond acceptors (Lipinski definition) is 5. The number of carbonyl (C=O) groups is 2. The zero-order chi connectivity index (χ0) is 21.7. The second kappa shape index (κ2) is 8.99. The summed E-state index contributed by atoms with van der Waals surface area (Å²) in [5.74, 6) is 0.687. The lowest BCUT2D eigenvalue weighted by Gasteiger charge is -2.24. The fourth-order valence-electron chi connectivity index (χ4n) is 2.23. The molecule has 0 aliphatic rings. The van der Waals surface area contributed by atoms with E-state index in [-0.39, 0.29) is 17.5 Å². The van der Waals surface area contributed by atoms with Crippen LogP contribution in [0.4, 0.5) is 0 Å². The van der Waals surface area contributed by atoms with Gasteiger partial charge in [0.25, 0.3) is 5.91 Å². The molecule has 7 nitrogen and oxygen atoms in total. The molecule has 0 atom stereocenters. The molecule has 0 bridgehead atoms. The van der Waals surface area contributed by atoms with Gasteiger partial charge in [0.1, 0.15) is 5.70 Å². The first kappa shape index (κ1) is 23.3. The monoisotopic (exact) mass is 392 g/mol. The first-order valence-corrected chi connectivity index (χ1v) is 8.98. The van der Waals surface area contributed by atoms with E-state index < -0.39 is 11.0 Å². The van der Waals surface area contributed by atoms with Crippen LogP contribution in [0.3, 0.4) is 0 Å². The van der Waals surface area contributed by atoms with Crippen LogP contribution in [-0.2, 0) is 9.59 Å². The normalized spacial score (nSPS) is 12.2. The van der Waals surface area contributed by atoms with E-state index in [1.807, 2.05) is 20.8 Å². The Morgan fingerprint density at radius 2 is 1.39 bits per heavy atom. The number of methoxy groups -OCH3 is 3. The quantitative estimate of drug-likeness (QED) is 0.727. The van der Waals surface area contributed by atoms with E-state index in [0.29, 0.717) is 22.8 Å². The number of amides is 2. The number of rotatable bonds is 6. The lowest BCUT2D eigenvalue weighted by Crippen LogP contribution is -2.46. The average molecular weight is 392 g/mol. The Kier molecular flexibility index (Phi) is 7.50. The minimum atomic E-state index is -0.656. The van der Waals surface area contributed by atoms with Crippen LogP contribution < -0.4 is 24.8 Å². The summed E-state index contributed by atoms with van der Waals surface area (Å²) in [5.41, 5.74) is -0.374. The van der Waals surface area contributed by atoms with Crippen LogP contribution >= 0.6 is 0 Å². The maximum Gasteiger partial charge on any atom is 0.268 e. The van der Waals surface area contributed by atoms with Crippen molar-refractivity contribution < 1.29 is 23.8 Å². The highest BCUT2D eigenvalue weighted by Gasteiger charge is 2.26. The van der Waals surface area contributed by atoms with Crippen LogP contribution in [0.1, 0.15) is 47.1 Å². The second-order valence-corrected chi connectivity index (χ2v) is 8.42. The maximum atomic E-state index is 12.8. The number of carbonyl (C=O) groups excluding carboxylic acids is 2. The summed E-state index contributed by atoms with van der Waals surface area (Å²) in [6, 6.07) is 3.41. The molecule has 1 rings (SSSR count). The number of nitrogens with one attached hydrogen (secondary N) is 2. The van der Waals surface area contributed by atoms with Gasteiger partial charge in [0.2, 0.25) is 11.7 Å². The molecule has 1 aromatic rings. The third-order valence-electron chi connectivity index (χ3n) is 3.66. The third-order valence-corrected chi connectivity index (χ3v) is 3.66. The van der Waals surface area contributed by atoms with Crippen LogP contribution in [0.2, 0.25) is 0 Å². The lowest BCUT2D eigenvalue weighted by atomic mass is 9.95. The van der Waals surface area contributed by atoms with Crippen molar-refractivity contribution in [2.75, 3.05) is 21.3 Å². The van der Waals surface area contributed by atoms with Gasteiger partial charge in [-0.3, -0.25) is 9.59 Å². The summed E-state index contributed by atoms with van der Waals surface area (Å²) in [6.07, 6.45) is 1.58. The van der Waals surface area contributed by atoms with Gasteiger partial charge < -0.3 is 24.8 Å². The van der Waals surface area contributed by atoms with Crippen LogP contribution in [0.5, 0.6) is 17.2 Å². The minimum Gasteiger partial charge on any atom is -0.493 e. The molecular formula is C21H32N2O5. The number of ether oxygens (including phenoxy) is 3. The molecule has 2 N–H and O–H groups in total. The fourth-order valence-corrected chi connectivity index (χ4v) is 2.23. The van der Waals surface area contributed by atoms with Gasteiger partial charge in [-0.15, -0.1) is 0 Å². The Morgan fingerprint density at radius 1 is 0.893 bits per heavy atom. The van der Waals surface area contributed by atoms with E-state index in [4.69, 9.17) is 14.2 Å². The average Bonchev–Trinajstić information content (AvgIpc) is 2.57. The predicted octanol–water partition coefficient (Wildman–Crippen LogP) is 3.13. The predicted molar refractivity (Wildman–Crippen MR) is 110 cm³/mol. The molecule has 1 aromatic carbocycles. The van der Waals surface area contributed by atoms with Gasteiger partial charge in [0.05, 0.1) is 21.3 Å². The van der Waals surface area contributed by atoms with Crippen molar-refractivity contribution in [1.29, 1.82) is 0 Å². The van der Waals surface area contributed by atoms with E-state index in [0.717, 1.165) is 0 Å². The van der Waals surface area contributed by atoms with Gasteiger partial charge in [-0.1, -0.05) is 20.8 Å². The van der Waals surface area contributed by atoms with E-state index >= 15 is 0 Å². The molecule has 0 fully saturated rings. The van der Waals surface area contributed by atoms with Crippen LogP contribution in [0, 0.1) is 5.41 Å². The molecule has 0 radical (unpaired) electrons. The minimum absolute atomic E-state index is 0.129. The molecule has 28 heavy (non-hydrogen) atoms. The molecule has 156 valence electrons. The van der Waals surface area contributed by atoms with E-state index in [1.54, 1.807) is 39.0 Å². The molecule has 0 heterocycles. The Balaban J connectivity index is 3.45. The Hall–Kier alpha value is -2.70. The van der Waals surface area contributed by atoms with Crippen LogP contribution in [0.15, 0.2) is 17.8 Å². The van der Waals surface area contributed by atoms with Crippen molar-refractivity contribution in [3.8, 4) is 17.2 Å². The molecule has 7 heteroatoms. The van der Waals surface area contributed by atoms with Gasteiger partial charge in [0.15, 0.2) is 11.5 Å². The topological polar surface area (TPSA) is 85.9 Å². The van der Waals surface area contributed by atoms with Crippen molar-refractivity contribution in [3.05, 3.63) is 23.4 Å². The van der Waals surface area contributed by atoms with Gasteiger partial charge >= 0.3 is 0 Å². The standard InChI is InChI=1S/C21H32N2O5/c1-20(2,3)19(25)22-14(18(24)23-21(4,5)6)10-13-11-15(26-7)17(28-9)16(12-13)27-8/h10-12H,1-9H3,(H,22,25)(H,23,24)/b14-10+. The van der Waals surface area contributed by atoms with Crippen LogP contribution in [-0.4, -0.2) is 38.7 Å². The molecule has 2 amide bonds. The van der Waals surface area contributed by atoms with Gasteiger partial charge in [-0.25, -0.2) is 0 Å². The highest BCUT2D eigenvalue weighted by Crippen LogP contribution is 2.38. The van der Waals surface area contributed by atoms with Crippen molar-refractivity contribution in [1.82, 2.24) is 10.6 Å². The number of hydrogen-bond donors (Lipinski definition) is 2. The smallest absolute Gasteiger partial charge is 0.268 e. The second-order valence-electron chi connectivity index (χ2n) is 8.42. The van der Waals surface area contributed by atoms with Crippen molar-refractivity contribution >= 4 is 17.9 Å². The Morgan fingerprint density at radius 3 is 1.75 bits per heavy atom. The molecule has 0 saturated carbocycles. The van der Waals surface area contributed by atoms with Crippen molar-refractivity contribution in [3.63, 3.8) is 0 Å². The first-order valence-electron chi connectivity index (χ1n) is 8.98. The van der Waals surface area contributed by atoms with E-state index in [1.165, 1.54) is 21.3 Å². The molecular weight excluding hydrogens is 360 g/mol. The van der Waals surface area contributed by atoms with Crippen LogP contribution in [0.25, 0.3) is 6.08 Å². The lowest BCUT2D eigenvalue weighted by molar-refractivity contribution is -0.129. The molecule has 0 spiro atoms.